The van der Waals surface area contributed by atoms with Crippen molar-refractivity contribution in [3.05, 3.63) is 0 Å². The van der Waals surface area contributed by atoms with Crippen LogP contribution in [0.3, 0.4) is 0 Å². The first kappa shape index (κ1) is 110. The van der Waals surface area contributed by atoms with E-state index in [0.717, 1.165) is 102 Å². The summed E-state index contributed by atoms with van der Waals surface area (Å²) in [5, 5.41) is 10.7. The molecule has 0 heterocycles. The Balaban J connectivity index is 5.24. The number of carbonyl (C=O) groups is 4. The van der Waals surface area contributed by atoms with E-state index in [1.54, 1.807) is 0 Å². The van der Waals surface area contributed by atoms with Crippen molar-refractivity contribution < 1.29 is 80.2 Å². The van der Waals surface area contributed by atoms with Crippen molar-refractivity contribution in [2.24, 2.45) is 11.8 Å². The molecule has 0 bridgehead atoms. The molecule has 0 saturated heterocycles. The highest BCUT2D eigenvalue weighted by Crippen LogP contribution is 2.45. The van der Waals surface area contributed by atoms with Crippen molar-refractivity contribution in [1.29, 1.82) is 0 Å². The van der Waals surface area contributed by atoms with Gasteiger partial charge in [0, 0.05) is 25.7 Å². The van der Waals surface area contributed by atoms with Gasteiger partial charge in [0.15, 0.2) is 12.2 Å². The van der Waals surface area contributed by atoms with Crippen molar-refractivity contribution in [2.75, 3.05) is 39.6 Å². The zero-order chi connectivity index (χ0) is 82.0. The van der Waals surface area contributed by atoms with Crippen molar-refractivity contribution in [3.8, 4) is 0 Å². The molecular formula is C93H182O17P2. The third-order valence-electron chi connectivity index (χ3n) is 22.3. The number of esters is 4. The van der Waals surface area contributed by atoms with Gasteiger partial charge in [-0.3, -0.25) is 37.3 Å². The SMILES string of the molecule is CCCCCCCCCCCCCCCCCCCCCCCCC(=O)O[C@H](COC(=O)CCCCCCCCCCCCCCCCCCC(C)C)COP(=O)(O)OC[C@@H](O)COP(=O)(O)OC[C@@H](COC(=O)CCCCCCCCCCC(C)CC)OC(=O)CCCCCCCCCCCCCCCCCCCCC. The minimum atomic E-state index is -4.97. The third-order valence-corrected chi connectivity index (χ3v) is 24.2. The lowest BCUT2D eigenvalue weighted by Gasteiger charge is -2.21. The Morgan fingerprint density at radius 3 is 0.679 bits per heavy atom. The van der Waals surface area contributed by atoms with Crippen LogP contribution in [0.5, 0.6) is 0 Å². The molecule has 112 heavy (non-hydrogen) atoms. The molecule has 3 N–H and O–H groups in total. The van der Waals surface area contributed by atoms with E-state index in [4.69, 9.17) is 37.0 Å². The van der Waals surface area contributed by atoms with Crippen LogP contribution >= 0.6 is 15.6 Å². The number of ether oxygens (including phenoxy) is 4. The number of unbranched alkanes of at least 4 members (excludes halogenated alkanes) is 61. The second-order valence-corrected chi connectivity index (χ2v) is 37.0. The van der Waals surface area contributed by atoms with Crippen LogP contribution in [0.1, 0.15) is 504 Å². The minimum Gasteiger partial charge on any atom is -0.462 e. The first-order chi connectivity index (χ1) is 54.4. The molecule has 666 valence electrons. The van der Waals surface area contributed by atoms with E-state index in [9.17, 15) is 43.2 Å². The fourth-order valence-electron chi connectivity index (χ4n) is 14.6. The number of aliphatic hydroxyl groups excluding tert-OH is 1. The Morgan fingerprint density at radius 2 is 0.455 bits per heavy atom. The fourth-order valence-corrected chi connectivity index (χ4v) is 16.2. The van der Waals surface area contributed by atoms with Gasteiger partial charge in [0.05, 0.1) is 26.4 Å². The predicted octanol–water partition coefficient (Wildman–Crippen LogP) is 29.0. The lowest BCUT2D eigenvalue weighted by atomic mass is 9.99. The van der Waals surface area contributed by atoms with Gasteiger partial charge in [-0.05, 0) is 37.5 Å². The normalized spacial score (nSPS) is 13.9. The van der Waals surface area contributed by atoms with Gasteiger partial charge in [-0.1, -0.05) is 452 Å². The summed E-state index contributed by atoms with van der Waals surface area (Å²) < 4.78 is 69.1. The zero-order valence-corrected chi connectivity index (χ0v) is 75.8. The number of phosphoric acid groups is 2. The molecule has 0 aliphatic rings. The van der Waals surface area contributed by atoms with Gasteiger partial charge in [0.2, 0.25) is 0 Å². The van der Waals surface area contributed by atoms with Crippen LogP contribution in [0, 0.1) is 11.8 Å². The van der Waals surface area contributed by atoms with Gasteiger partial charge in [-0.25, -0.2) is 9.13 Å². The van der Waals surface area contributed by atoms with Crippen molar-refractivity contribution in [1.82, 2.24) is 0 Å². The maximum Gasteiger partial charge on any atom is 0.472 e. The Labute approximate surface area is 689 Å². The lowest BCUT2D eigenvalue weighted by molar-refractivity contribution is -0.161. The van der Waals surface area contributed by atoms with Gasteiger partial charge < -0.3 is 33.8 Å². The molecule has 0 rings (SSSR count). The van der Waals surface area contributed by atoms with E-state index in [2.05, 4.69) is 41.5 Å². The molecule has 0 radical (unpaired) electrons. The Kier molecular flexibility index (Phi) is 82.6. The molecule has 6 atom stereocenters. The maximum absolute atomic E-state index is 13.2. The molecule has 0 aliphatic carbocycles. The average Bonchev–Trinajstić information content (AvgIpc) is 0.890. The maximum atomic E-state index is 13.2. The summed E-state index contributed by atoms with van der Waals surface area (Å²) in [6.45, 7) is 9.75. The highest BCUT2D eigenvalue weighted by atomic mass is 31.2. The monoisotopic (exact) mass is 1630 g/mol. The molecule has 0 aromatic carbocycles. The summed E-state index contributed by atoms with van der Waals surface area (Å²) in [6, 6.07) is 0. The Morgan fingerprint density at radius 1 is 0.259 bits per heavy atom. The molecule has 0 aromatic rings. The number of carbonyl (C=O) groups excluding carboxylic acids is 4. The second kappa shape index (κ2) is 84.1. The molecule has 19 heteroatoms. The van der Waals surface area contributed by atoms with Gasteiger partial charge in [-0.2, -0.15) is 0 Å². The van der Waals surface area contributed by atoms with Gasteiger partial charge >= 0.3 is 39.5 Å². The summed E-state index contributed by atoms with van der Waals surface area (Å²) in [7, 11) is -9.94. The van der Waals surface area contributed by atoms with Crippen LogP contribution in [0.25, 0.3) is 0 Å². The van der Waals surface area contributed by atoms with Crippen molar-refractivity contribution >= 4 is 39.5 Å². The fraction of sp³-hybridized carbons (Fsp3) is 0.957. The molecular weight excluding hydrogens is 1450 g/mol. The van der Waals surface area contributed by atoms with Crippen LogP contribution in [0.4, 0.5) is 0 Å². The molecule has 0 aliphatic heterocycles. The van der Waals surface area contributed by atoms with Gasteiger partial charge in [0.25, 0.3) is 0 Å². The van der Waals surface area contributed by atoms with Crippen molar-refractivity contribution in [2.45, 2.75) is 522 Å². The van der Waals surface area contributed by atoms with Crippen LogP contribution in [0.15, 0.2) is 0 Å². The van der Waals surface area contributed by atoms with Crippen LogP contribution in [-0.2, 0) is 65.4 Å². The molecule has 17 nitrogen and oxygen atoms in total. The second-order valence-electron chi connectivity index (χ2n) is 34.1. The van der Waals surface area contributed by atoms with Crippen LogP contribution < -0.4 is 0 Å². The first-order valence-corrected chi connectivity index (χ1v) is 51.0. The summed E-state index contributed by atoms with van der Waals surface area (Å²) >= 11 is 0. The highest BCUT2D eigenvalue weighted by Gasteiger charge is 2.31. The standard InChI is InChI=1S/C93H182O17P2/c1-7-10-12-14-16-18-20-22-24-26-28-29-30-32-34-40-44-48-52-60-66-71-77-92(97)109-88(81-103-90(95)75-69-63-57-50-46-42-38-36-35-37-41-45-49-55-61-67-73-85(4)5)83-107-111(99,100)105-79-87(94)80-106-112(101,102)108-84-89(82-104-91(96)76-70-64-58-54-53-56-62-68-74-86(6)9-3)110-93(98)78-72-65-59-51-47-43-39-33-31-27-25-23-21-19-17-15-13-11-8-2/h85-89,94H,7-84H2,1-6H3,(H,99,100)(H,101,102)/t86?,87-,88-,89-/m1/s1. The topological polar surface area (TPSA) is 237 Å². The summed E-state index contributed by atoms with van der Waals surface area (Å²) in [5.41, 5.74) is 0. The van der Waals surface area contributed by atoms with Gasteiger partial charge in [-0.15, -0.1) is 0 Å². The molecule has 0 fully saturated rings. The first-order valence-electron chi connectivity index (χ1n) is 48.0. The Bertz CT molecular complexity index is 2130. The van der Waals surface area contributed by atoms with Gasteiger partial charge in [0.1, 0.15) is 19.3 Å². The van der Waals surface area contributed by atoms with E-state index in [-0.39, 0.29) is 25.7 Å². The van der Waals surface area contributed by atoms with Crippen LogP contribution in [0.2, 0.25) is 0 Å². The smallest absolute Gasteiger partial charge is 0.462 e. The average molecular weight is 1630 g/mol. The molecule has 0 aromatic heterocycles. The van der Waals surface area contributed by atoms with E-state index in [1.165, 1.54) is 321 Å². The molecule has 3 unspecified atom stereocenters. The predicted molar refractivity (Wildman–Crippen MR) is 465 cm³/mol. The largest absolute Gasteiger partial charge is 0.472 e. The van der Waals surface area contributed by atoms with E-state index in [1.807, 2.05) is 0 Å². The zero-order valence-electron chi connectivity index (χ0n) is 74.0. The highest BCUT2D eigenvalue weighted by molar-refractivity contribution is 7.47. The summed E-state index contributed by atoms with van der Waals surface area (Å²) in [4.78, 5) is 73.5. The number of rotatable bonds is 92. The molecule has 0 spiro atoms. The third kappa shape index (κ3) is 84.5. The number of hydrogen-bond acceptors (Lipinski definition) is 15. The summed E-state index contributed by atoms with van der Waals surface area (Å²) in [6.07, 6.45) is 79.3. The minimum absolute atomic E-state index is 0.109. The molecule has 0 amide bonds. The molecule has 0 saturated carbocycles. The quantitative estimate of drug-likeness (QED) is 0.0222. The number of phosphoric ester groups is 2. The van der Waals surface area contributed by atoms with Crippen molar-refractivity contribution in [3.63, 3.8) is 0 Å². The number of hydrogen-bond donors (Lipinski definition) is 3. The Hall–Kier alpha value is -1.94. The van der Waals surface area contributed by atoms with E-state index < -0.39 is 97.5 Å². The number of aliphatic hydroxyl groups is 1. The van der Waals surface area contributed by atoms with E-state index in [0.29, 0.717) is 25.7 Å². The van der Waals surface area contributed by atoms with E-state index >= 15 is 0 Å². The van der Waals surface area contributed by atoms with Crippen LogP contribution in [-0.4, -0.2) is 96.7 Å². The summed E-state index contributed by atoms with van der Waals surface area (Å²) in [5.74, 6) is -0.504. The lowest BCUT2D eigenvalue weighted by Crippen LogP contribution is -2.30.